The normalized spacial score (nSPS) is 14.6. The molecular formula is C18H20ClNO. The number of hydrogen-bond acceptors (Lipinski definition) is 2. The molecule has 0 radical (unpaired) electrons. The Kier molecular flexibility index (Phi) is 4.47. The minimum atomic E-state index is 0.419. The number of nitrogens with one attached hydrogen (secondary N) is 1. The third kappa shape index (κ3) is 3.22. The second-order valence-corrected chi connectivity index (χ2v) is 5.96. The molecular weight excluding hydrogens is 282 g/mol. The zero-order valence-corrected chi connectivity index (χ0v) is 13.0. The van der Waals surface area contributed by atoms with E-state index in [0.29, 0.717) is 5.92 Å². The van der Waals surface area contributed by atoms with Gasteiger partial charge in [0.15, 0.2) is 0 Å². The highest BCUT2D eigenvalue weighted by molar-refractivity contribution is 6.30. The zero-order chi connectivity index (χ0) is 14.7. The summed E-state index contributed by atoms with van der Waals surface area (Å²) in [5, 5.41) is 4.11. The zero-order valence-electron chi connectivity index (χ0n) is 12.2. The Hall–Kier alpha value is -1.51. The van der Waals surface area contributed by atoms with E-state index < -0.39 is 0 Å². The first-order valence-electron chi connectivity index (χ1n) is 7.41. The van der Waals surface area contributed by atoms with Crippen molar-refractivity contribution in [1.29, 1.82) is 0 Å². The van der Waals surface area contributed by atoms with Crippen LogP contribution in [0, 0.1) is 0 Å². The van der Waals surface area contributed by atoms with Gasteiger partial charge in [-0.2, -0.15) is 0 Å². The van der Waals surface area contributed by atoms with Crippen LogP contribution in [0.25, 0.3) is 0 Å². The Balaban J connectivity index is 1.90. The summed E-state index contributed by atoms with van der Waals surface area (Å²) in [5.41, 5.74) is 3.81. The van der Waals surface area contributed by atoms with Crippen molar-refractivity contribution in [3.05, 3.63) is 64.2 Å². The lowest BCUT2D eigenvalue weighted by atomic mass is 9.90. The molecule has 1 aliphatic heterocycles. The van der Waals surface area contributed by atoms with Crippen molar-refractivity contribution < 1.29 is 4.74 Å². The summed E-state index contributed by atoms with van der Waals surface area (Å²) in [6.45, 7) is 1.70. The second-order valence-electron chi connectivity index (χ2n) is 5.52. The number of rotatable bonds is 5. The summed E-state index contributed by atoms with van der Waals surface area (Å²) in [5.74, 6) is 1.47. The average Bonchev–Trinajstić information content (AvgIpc) is 2.96. The standard InChI is InChI=1S/C18H20ClNO/c1-20-12-16(13-5-3-2-4-6-13)9-15-11-17(19)10-14-7-8-21-18(14)15/h2-6,10-11,16,20H,7-9,12H2,1H3. The monoisotopic (exact) mass is 301 g/mol. The van der Waals surface area contributed by atoms with Gasteiger partial charge in [-0.05, 0) is 42.3 Å². The van der Waals surface area contributed by atoms with E-state index >= 15 is 0 Å². The van der Waals surface area contributed by atoms with Gasteiger partial charge < -0.3 is 10.1 Å². The van der Waals surface area contributed by atoms with E-state index in [-0.39, 0.29) is 0 Å². The number of fused-ring (bicyclic) bond motifs is 1. The molecule has 1 unspecified atom stereocenters. The molecule has 0 aromatic heterocycles. The summed E-state index contributed by atoms with van der Waals surface area (Å²) in [6, 6.07) is 14.7. The quantitative estimate of drug-likeness (QED) is 0.906. The van der Waals surface area contributed by atoms with Crippen molar-refractivity contribution in [3.63, 3.8) is 0 Å². The fourth-order valence-corrected chi connectivity index (χ4v) is 3.31. The maximum Gasteiger partial charge on any atom is 0.125 e. The van der Waals surface area contributed by atoms with Crippen molar-refractivity contribution in [3.8, 4) is 5.75 Å². The SMILES string of the molecule is CNCC(Cc1cc(Cl)cc2c1OCC2)c1ccccc1. The van der Waals surface area contributed by atoms with Crippen molar-refractivity contribution in [1.82, 2.24) is 5.32 Å². The Morgan fingerprint density at radius 2 is 2.05 bits per heavy atom. The highest BCUT2D eigenvalue weighted by Crippen LogP contribution is 2.35. The molecule has 1 heterocycles. The van der Waals surface area contributed by atoms with E-state index in [0.717, 1.165) is 36.8 Å². The van der Waals surface area contributed by atoms with Crippen LogP contribution >= 0.6 is 11.6 Å². The smallest absolute Gasteiger partial charge is 0.125 e. The molecule has 2 aromatic carbocycles. The molecule has 1 atom stereocenters. The summed E-state index contributed by atoms with van der Waals surface area (Å²) >= 11 is 6.26. The molecule has 0 aliphatic carbocycles. The first-order chi connectivity index (χ1) is 10.3. The van der Waals surface area contributed by atoms with E-state index in [4.69, 9.17) is 16.3 Å². The van der Waals surface area contributed by atoms with Gasteiger partial charge in [0.05, 0.1) is 6.61 Å². The lowest BCUT2D eigenvalue weighted by Gasteiger charge is -2.19. The predicted molar refractivity (Wildman–Crippen MR) is 87.5 cm³/mol. The Bertz CT molecular complexity index is 612. The first kappa shape index (κ1) is 14.4. The maximum atomic E-state index is 6.26. The van der Waals surface area contributed by atoms with E-state index in [2.05, 4.69) is 41.7 Å². The number of benzene rings is 2. The van der Waals surface area contributed by atoms with E-state index in [1.807, 2.05) is 13.1 Å². The number of ether oxygens (including phenoxy) is 1. The molecule has 3 rings (SSSR count). The molecule has 1 N–H and O–H groups in total. The van der Waals surface area contributed by atoms with Crippen molar-refractivity contribution in [2.24, 2.45) is 0 Å². The summed E-state index contributed by atoms with van der Waals surface area (Å²) in [6.07, 6.45) is 1.90. The van der Waals surface area contributed by atoms with Crippen LogP contribution in [0.15, 0.2) is 42.5 Å². The minimum Gasteiger partial charge on any atom is -0.493 e. The van der Waals surface area contributed by atoms with Crippen molar-refractivity contribution in [2.75, 3.05) is 20.2 Å². The van der Waals surface area contributed by atoms with Crippen LogP contribution < -0.4 is 10.1 Å². The van der Waals surface area contributed by atoms with Gasteiger partial charge in [0.2, 0.25) is 0 Å². The Labute approximate surface area is 131 Å². The van der Waals surface area contributed by atoms with Gasteiger partial charge in [0, 0.05) is 23.9 Å². The topological polar surface area (TPSA) is 21.3 Å². The molecule has 0 bridgehead atoms. The minimum absolute atomic E-state index is 0.419. The van der Waals surface area contributed by atoms with Crippen LogP contribution in [0.3, 0.4) is 0 Å². The highest BCUT2D eigenvalue weighted by atomic mass is 35.5. The molecule has 0 spiro atoms. The van der Waals surface area contributed by atoms with E-state index in [1.165, 1.54) is 16.7 Å². The first-order valence-corrected chi connectivity index (χ1v) is 7.79. The van der Waals surface area contributed by atoms with E-state index in [1.54, 1.807) is 0 Å². The molecule has 0 fully saturated rings. The summed E-state index contributed by atoms with van der Waals surface area (Å²) in [7, 11) is 1.99. The van der Waals surface area contributed by atoms with Gasteiger partial charge in [0.1, 0.15) is 5.75 Å². The van der Waals surface area contributed by atoms with Gasteiger partial charge >= 0.3 is 0 Å². The molecule has 1 aliphatic rings. The Morgan fingerprint density at radius 1 is 1.24 bits per heavy atom. The van der Waals surface area contributed by atoms with Gasteiger partial charge in [-0.3, -0.25) is 0 Å². The molecule has 2 nitrogen and oxygen atoms in total. The summed E-state index contributed by atoms with van der Waals surface area (Å²) < 4.78 is 5.82. The molecule has 110 valence electrons. The lowest BCUT2D eigenvalue weighted by Crippen LogP contribution is -2.19. The van der Waals surface area contributed by atoms with Gasteiger partial charge in [-0.1, -0.05) is 41.9 Å². The van der Waals surface area contributed by atoms with Crippen LogP contribution in [0.4, 0.5) is 0 Å². The predicted octanol–water partition coefficient (Wildman–Crippen LogP) is 3.82. The lowest BCUT2D eigenvalue weighted by molar-refractivity contribution is 0.352. The van der Waals surface area contributed by atoms with Gasteiger partial charge in [-0.25, -0.2) is 0 Å². The van der Waals surface area contributed by atoms with Crippen LogP contribution in [-0.4, -0.2) is 20.2 Å². The van der Waals surface area contributed by atoms with Crippen LogP contribution in [0.1, 0.15) is 22.6 Å². The third-order valence-corrected chi connectivity index (χ3v) is 4.23. The molecule has 21 heavy (non-hydrogen) atoms. The number of hydrogen-bond donors (Lipinski definition) is 1. The molecule has 3 heteroatoms. The highest BCUT2D eigenvalue weighted by Gasteiger charge is 2.20. The van der Waals surface area contributed by atoms with Crippen molar-refractivity contribution in [2.45, 2.75) is 18.8 Å². The molecule has 0 saturated heterocycles. The number of likely N-dealkylation sites (N-methyl/N-ethyl adjacent to an activating group) is 1. The fraction of sp³-hybridized carbons (Fsp3) is 0.333. The van der Waals surface area contributed by atoms with Crippen LogP contribution in [-0.2, 0) is 12.8 Å². The second kappa shape index (κ2) is 6.50. The van der Waals surface area contributed by atoms with Gasteiger partial charge in [0.25, 0.3) is 0 Å². The summed E-state index contributed by atoms with van der Waals surface area (Å²) in [4.78, 5) is 0. The fourth-order valence-electron chi connectivity index (χ4n) is 3.04. The molecule has 0 saturated carbocycles. The number of halogens is 1. The van der Waals surface area contributed by atoms with Crippen molar-refractivity contribution >= 4 is 11.6 Å². The largest absolute Gasteiger partial charge is 0.493 e. The van der Waals surface area contributed by atoms with Gasteiger partial charge in [-0.15, -0.1) is 0 Å². The molecule has 2 aromatic rings. The maximum absolute atomic E-state index is 6.26. The molecule has 0 amide bonds. The van der Waals surface area contributed by atoms with Crippen LogP contribution in [0.5, 0.6) is 5.75 Å². The van der Waals surface area contributed by atoms with E-state index in [9.17, 15) is 0 Å². The average molecular weight is 302 g/mol. The van der Waals surface area contributed by atoms with Crippen LogP contribution in [0.2, 0.25) is 5.02 Å². The third-order valence-electron chi connectivity index (χ3n) is 4.01. The Morgan fingerprint density at radius 3 is 2.81 bits per heavy atom.